The van der Waals surface area contributed by atoms with Crippen molar-refractivity contribution in [1.82, 2.24) is 0 Å². The Labute approximate surface area is 82.3 Å². The first kappa shape index (κ1) is 10.5. The van der Waals surface area contributed by atoms with Gasteiger partial charge in [0.15, 0.2) is 0 Å². The molecule has 0 unspecified atom stereocenters. The molecule has 3 N–H and O–H groups in total. The van der Waals surface area contributed by atoms with Crippen molar-refractivity contribution >= 4 is 5.97 Å². The molecular formula is C10H13NO3. The van der Waals surface area contributed by atoms with Crippen molar-refractivity contribution in [2.24, 2.45) is 5.73 Å². The minimum absolute atomic E-state index is 0.259. The van der Waals surface area contributed by atoms with Crippen molar-refractivity contribution in [1.29, 1.82) is 0 Å². The van der Waals surface area contributed by atoms with Crippen LogP contribution in [0.5, 0.6) is 5.75 Å². The summed E-state index contributed by atoms with van der Waals surface area (Å²) in [5.41, 5.74) is 6.37. The Kier molecular flexibility index (Phi) is 3.48. The van der Waals surface area contributed by atoms with Crippen molar-refractivity contribution in [2.45, 2.75) is 6.42 Å². The summed E-state index contributed by atoms with van der Waals surface area (Å²) < 4.78 is 4.94. The minimum Gasteiger partial charge on any atom is -0.497 e. The van der Waals surface area contributed by atoms with E-state index in [-0.39, 0.29) is 5.56 Å². The largest absolute Gasteiger partial charge is 0.497 e. The number of nitrogens with two attached hydrogens (primary N) is 1. The van der Waals surface area contributed by atoms with Gasteiger partial charge in [-0.3, -0.25) is 0 Å². The number of carboxylic acid groups (broad SMARTS) is 1. The van der Waals surface area contributed by atoms with E-state index in [2.05, 4.69) is 0 Å². The van der Waals surface area contributed by atoms with Gasteiger partial charge in [0.1, 0.15) is 5.75 Å². The van der Waals surface area contributed by atoms with Crippen LogP contribution in [0.3, 0.4) is 0 Å². The summed E-state index contributed by atoms with van der Waals surface area (Å²) in [6.07, 6.45) is 0.561. The summed E-state index contributed by atoms with van der Waals surface area (Å²) in [6, 6.07) is 4.97. The lowest BCUT2D eigenvalue weighted by molar-refractivity contribution is 0.0695. The molecule has 0 spiro atoms. The van der Waals surface area contributed by atoms with Crippen molar-refractivity contribution in [3.05, 3.63) is 29.3 Å². The molecule has 0 aliphatic carbocycles. The van der Waals surface area contributed by atoms with Crippen LogP contribution in [0.4, 0.5) is 0 Å². The molecule has 76 valence electrons. The van der Waals surface area contributed by atoms with Gasteiger partial charge in [-0.05, 0) is 30.7 Å². The van der Waals surface area contributed by atoms with Gasteiger partial charge in [0.25, 0.3) is 0 Å². The van der Waals surface area contributed by atoms with Gasteiger partial charge in [0, 0.05) is 0 Å². The van der Waals surface area contributed by atoms with Crippen LogP contribution < -0.4 is 10.5 Å². The first-order valence-corrected chi connectivity index (χ1v) is 4.29. The second-order valence-corrected chi connectivity index (χ2v) is 2.87. The summed E-state index contributed by atoms with van der Waals surface area (Å²) in [6.45, 7) is 0.437. The number of aromatic carboxylic acids is 1. The molecule has 0 aliphatic rings. The van der Waals surface area contributed by atoms with Crippen LogP contribution >= 0.6 is 0 Å². The van der Waals surface area contributed by atoms with E-state index in [0.29, 0.717) is 18.7 Å². The fourth-order valence-corrected chi connectivity index (χ4v) is 1.26. The lowest BCUT2D eigenvalue weighted by Crippen LogP contribution is -2.08. The predicted octanol–water partition coefficient (Wildman–Crippen LogP) is 0.895. The Bertz CT molecular complexity index is 336. The molecule has 1 aromatic carbocycles. The number of carbonyl (C=O) groups is 1. The third-order valence-electron chi connectivity index (χ3n) is 1.96. The van der Waals surface area contributed by atoms with Gasteiger partial charge in [-0.2, -0.15) is 0 Å². The molecular weight excluding hydrogens is 182 g/mol. The maximum Gasteiger partial charge on any atom is 0.336 e. The highest BCUT2D eigenvalue weighted by Crippen LogP contribution is 2.17. The molecule has 1 aromatic rings. The van der Waals surface area contributed by atoms with Gasteiger partial charge in [-0.25, -0.2) is 4.79 Å². The summed E-state index contributed by atoms with van der Waals surface area (Å²) in [7, 11) is 1.50. The molecule has 0 radical (unpaired) electrons. The zero-order chi connectivity index (χ0) is 10.6. The minimum atomic E-state index is -0.952. The van der Waals surface area contributed by atoms with Gasteiger partial charge >= 0.3 is 5.97 Å². The zero-order valence-electron chi connectivity index (χ0n) is 7.99. The van der Waals surface area contributed by atoms with E-state index in [1.807, 2.05) is 0 Å². The average molecular weight is 195 g/mol. The highest BCUT2D eigenvalue weighted by Gasteiger charge is 2.10. The second kappa shape index (κ2) is 4.62. The van der Waals surface area contributed by atoms with E-state index in [4.69, 9.17) is 15.6 Å². The van der Waals surface area contributed by atoms with Crippen molar-refractivity contribution in [3.63, 3.8) is 0 Å². The number of hydrogen-bond acceptors (Lipinski definition) is 3. The van der Waals surface area contributed by atoms with Crippen LogP contribution in [0.25, 0.3) is 0 Å². The topological polar surface area (TPSA) is 72.5 Å². The quantitative estimate of drug-likeness (QED) is 0.748. The van der Waals surface area contributed by atoms with Crippen LogP contribution in [0.1, 0.15) is 15.9 Å². The monoisotopic (exact) mass is 195 g/mol. The summed E-state index contributed by atoms with van der Waals surface area (Å²) in [4.78, 5) is 10.9. The maximum absolute atomic E-state index is 10.9. The number of ether oxygens (including phenoxy) is 1. The van der Waals surface area contributed by atoms with E-state index in [1.165, 1.54) is 13.2 Å². The smallest absolute Gasteiger partial charge is 0.336 e. The molecule has 4 nitrogen and oxygen atoms in total. The van der Waals surface area contributed by atoms with Crippen LogP contribution in [-0.4, -0.2) is 24.7 Å². The third-order valence-corrected chi connectivity index (χ3v) is 1.96. The van der Waals surface area contributed by atoms with Crippen molar-refractivity contribution in [2.75, 3.05) is 13.7 Å². The highest BCUT2D eigenvalue weighted by atomic mass is 16.5. The van der Waals surface area contributed by atoms with Gasteiger partial charge in [0.2, 0.25) is 0 Å². The van der Waals surface area contributed by atoms with E-state index >= 15 is 0 Å². The van der Waals surface area contributed by atoms with Crippen LogP contribution in [0.2, 0.25) is 0 Å². The number of hydrogen-bond donors (Lipinski definition) is 2. The normalized spacial score (nSPS) is 9.86. The van der Waals surface area contributed by atoms with E-state index in [0.717, 1.165) is 5.56 Å². The highest BCUT2D eigenvalue weighted by molar-refractivity contribution is 5.89. The zero-order valence-corrected chi connectivity index (χ0v) is 7.99. The second-order valence-electron chi connectivity index (χ2n) is 2.87. The molecule has 0 aliphatic heterocycles. The van der Waals surface area contributed by atoms with Gasteiger partial charge in [-0.1, -0.05) is 6.07 Å². The summed E-state index contributed by atoms with van der Waals surface area (Å²) in [5.74, 6) is -0.407. The van der Waals surface area contributed by atoms with Gasteiger partial charge < -0.3 is 15.6 Å². The van der Waals surface area contributed by atoms with Crippen molar-refractivity contribution < 1.29 is 14.6 Å². The Hall–Kier alpha value is -1.55. The lowest BCUT2D eigenvalue weighted by atomic mass is 10.0. The molecule has 0 amide bonds. The fourth-order valence-electron chi connectivity index (χ4n) is 1.26. The summed E-state index contributed by atoms with van der Waals surface area (Å²) >= 11 is 0. The van der Waals surface area contributed by atoms with Crippen LogP contribution in [0.15, 0.2) is 18.2 Å². The van der Waals surface area contributed by atoms with Crippen LogP contribution in [0, 0.1) is 0 Å². The molecule has 0 atom stereocenters. The molecule has 0 aromatic heterocycles. The third kappa shape index (κ3) is 2.23. The number of rotatable bonds is 4. The molecule has 0 fully saturated rings. The molecule has 1 rings (SSSR count). The van der Waals surface area contributed by atoms with Crippen molar-refractivity contribution in [3.8, 4) is 5.75 Å². The Morgan fingerprint density at radius 3 is 2.79 bits per heavy atom. The van der Waals surface area contributed by atoms with E-state index < -0.39 is 5.97 Å². The van der Waals surface area contributed by atoms with Gasteiger partial charge in [-0.15, -0.1) is 0 Å². The first-order chi connectivity index (χ1) is 6.69. The standard InChI is InChI=1S/C10H13NO3/c1-14-8-3-2-7(4-5-11)9(6-8)10(12)13/h2-3,6H,4-5,11H2,1H3,(H,12,13). The first-order valence-electron chi connectivity index (χ1n) is 4.29. The predicted molar refractivity (Wildman–Crippen MR) is 52.7 cm³/mol. The SMILES string of the molecule is COc1ccc(CCN)c(C(=O)O)c1. The fraction of sp³-hybridized carbons (Fsp3) is 0.300. The van der Waals surface area contributed by atoms with Crippen LogP contribution in [-0.2, 0) is 6.42 Å². The molecule has 0 heterocycles. The Morgan fingerprint density at radius 1 is 1.57 bits per heavy atom. The molecule has 4 heteroatoms. The summed E-state index contributed by atoms with van der Waals surface area (Å²) in [5, 5.41) is 8.92. The molecule has 14 heavy (non-hydrogen) atoms. The number of carboxylic acids is 1. The maximum atomic E-state index is 10.9. The molecule has 0 saturated heterocycles. The lowest BCUT2D eigenvalue weighted by Gasteiger charge is -2.06. The Balaban J connectivity index is 3.10. The molecule has 0 saturated carbocycles. The number of methoxy groups -OCH3 is 1. The Morgan fingerprint density at radius 2 is 2.29 bits per heavy atom. The molecule has 0 bridgehead atoms. The van der Waals surface area contributed by atoms with Gasteiger partial charge in [0.05, 0.1) is 12.7 Å². The van der Waals surface area contributed by atoms with E-state index in [9.17, 15) is 4.79 Å². The van der Waals surface area contributed by atoms with E-state index in [1.54, 1.807) is 12.1 Å². The average Bonchev–Trinajstić information content (AvgIpc) is 2.18. The number of benzene rings is 1.